The fraction of sp³-hybridized carbons (Fsp3) is 0.625. The lowest BCUT2D eigenvalue weighted by Crippen LogP contribution is -2.28. The molecule has 1 saturated carbocycles. The van der Waals surface area contributed by atoms with Gasteiger partial charge in [0.05, 0.1) is 7.11 Å². The van der Waals surface area contributed by atoms with Crippen molar-refractivity contribution in [1.82, 2.24) is 5.43 Å². The van der Waals surface area contributed by atoms with Gasteiger partial charge in [0, 0.05) is 6.04 Å². The van der Waals surface area contributed by atoms with E-state index in [1.54, 1.807) is 6.07 Å². The number of halogens is 1. The Morgan fingerprint density at radius 1 is 1.35 bits per heavy atom. The van der Waals surface area contributed by atoms with Crippen molar-refractivity contribution in [3.05, 3.63) is 29.6 Å². The van der Waals surface area contributed by atoms with E-state index in [0.717, 1.165) is 24.3 Å². The number of methoxy groups -OCH3 is 1. The maximum Gasteiger partial charge on any atom is 0.165 e. The number of hydrogen-bond acceptors (Lipinski definition) is 3. The van der Waals surface area contributed by atoms with Crippen LogP contribution in [-0.2, 0) is 0 Å². The van der Waals surface area contributed by atoms with E-state index in [4.69, 9.17) is 10.6 Å². The van der Waals surface area contributed by atoms with E-state index in [2.05, 4.69) is 5.43 Å². The zero-order chi connectivity index (χ0) is 14.4. The number of ether oxygens (including phenoxy) is 1. The molecule has 1 fully saturated rings. The second kappa shape index (κ2) is 7.60. The molecule has 0 saturated heterocycles. The summed E-state index contributed by atoms with van der Waals surface area (Å²) in [4.78, 5) is 0. The second-order valence-corrected chi connectivity index (χ2v) is 5.69. The Morgan fingerprint density at radius 3 is 2.70 bits per heavy atom. The Balaban J connectivity index is 1.94. The van der Waals surface area contributed by atoms with Crippen molar-refractivity contribution < 1.29 is 9.13 Å². The molecule has 0 aromatic heterocycles. The highest BCUT2D eigenvalue weighted by molar-refractivity contribution is 5.31. The molecule has 4 heteroatoms. The van der Waals surface area contributed by atoms with Crippen LogP contribution in [0.5, 0.6) is 5.75 Å². The van der Waals surface area contributed by atoms with Crippen LogP contribution in [-0.4, -0.2) is 7.11 Å². The number of hydrazine groups is 1. The van der Waals surface area contributed by atoms with Crippen molar-refractivity contribution in [3.8, 4) is 5.75 Å². The predicted octanol–water partition coefficient (Wildman–Crippen LogP) is 3.70. The zero-order valence-corrected chi connectivity index (χ0v) is 12.2. The van der Waals surface area contributed by atoms with E-state index in [0.29, 0.717) is 0 Å². The highest BCUT2D eigenvalue weighted by atomic mass is 19.1. The van der Waals surface area contributed by atoms with Crippen LogP contribution < -0.4 is 16.0 Å². The molecule has 0 radical (unpaired) electrons. The molecule has 20 heavy (non-hydrogen) atoms. The predicted molar refractivity (Wildman–Crippen MR) is 78.8 cm³/mol. The molecule has 2 rings (SSSR count). The first-order chi connectivity index (χ1) is 9.74. The Labute approximate surface area is 120 Å². The van der Waals surface area contributed by atoms with Gasteiger partial charge in [0.1, 0.15) is 0 Å². The molecule has 0 spiro atoms. The summed E-state index contributed by atoms with van der Waals surface area (Å²) in [7, 11) is 1.47. The van der Waals surface area contributed by atoms with Crippen LogP contribution in [0.2, 0.25) is 0 Å². The van der Waals surface area contributed by atoms with Gasteiger partial charge < -0.3 is 4.74 Å². The van der Waals surface area contributed by atoms with Gasteiger partial charge in [-0.15, -0.1) is 0 Å². The Morgan fingerprint density at radius 2 is 2.10 bits per heavy atom. The monoisotopic (exact) mass is 280 g/mol. The molecule has 0 heterocycles. The van der Waals surface area contributed by atoms with Crippen molar-refractivity contribution in [2.24, 2.45) is 11.8 Å². The quantitative estimate of drug-likeness (QED) is 0.617. The molecular weight excluding hydrogens is 255 g/mol. The third-order valence-electron chi connectivity index (χ3n) is 4.37. The van der Waals surface area contributed by atoms with Crippen molar-refractivity contribution in [3.63, 3.8) is 0 Å². The fourth-order valence-corrected chi connectivity index (χ4v) is 3.12. The van der Waals surface area contributed by atoms with Gasteiger partial charge in [0.25, 0.3) is 0 Å². The van der Waals surface area contributed by atoms with Crippen LogP contribution in [0.1, 0.15) is 56.6 Å². The first-order valence-corrected chi connectivity index (χ1v) is 7.54. The summed E-state index contributed by atoms with van der Waals surface area (Å²) >= 11 is 0. The molecule has 1 atom stereocenters. The lowest BCUT2D eigenvalue weighted by molar-refractivity contribution is 0.314. The van der Waals surface area contributed by atoms with E-state index in [1.807, 2.05) is 6.07 Å². The second-order valence-electron chi connectivity index (χ2n) is 5.69. The van der Waals surface area contributed by atoms with E-state index < -0.39 is 0 Å². The molecule has 1 aliphatic rings. The zero-order valence-electron chi connectivity index (χ0n) is 12.2. The number of benzene rings is 1. The minimum atomic E-state index is -0.331. The smallest absolute Gasteiger partial charge is 0.165 e. The summed E-state index contributed by atoms with van der Waals surface area (Å²) in [6.45, 7) is 0. The molecule has 1 aromatic carbocycles. The first kappa shape index (κ1) is 15.3. The molecule has 3 N–H and O–H groups in total. The highest BCUT2D eigenvalue weighted by Crippen LogP contribution is 2.31. The Hall–Kier alpha value is -1.13. The number of rotatable bonds is 6. The average Bonchev–Trinajstić information content (AvgIpc) is 2.49. The molecule has 1 aliphatic carbocycles. The minimum absolute atomic E-state index is 0.0114. The van der Waals surface area contributed by atoms with Crippen LogP contribution in [0, 0.1) is 11.7 Å². The number of nitrogens with one attached hydrogen (secondary N) is 1. The largest absolute Gasteiger partial charge is 0.494 e. The SMILES string of the molecule is COc1ccc(C(CCC2CCCCC2)NN)cc1F. The maximum absolute atomic E-state index is 13.7. The van der Waals surface area contributed by atoms with E-state index in [9.17, 15) is 4.39 Å². The minimum Gasteiger partial charge on any atom is -0.494 e. The molecule has 0 aliphatic heterocycles. The van der Waals surface area contributed by atoms with Crippen LogP contribution in [0.4, 0.5) is 4.39 Å². The lowest BCUT2D eigenvalue weighted by atomic mass is 9.84. The first-order valence-electron chi connectivity index (χ1n) is 7.54. The molecule has 1 unspecified atom stereocenters. The summed E-state index contributed by atoms with van der Waals surface area (Å²) < 4.78 is 18.7. The van der Waals surface area contributed by atoms with E-state index >= 15 is 0 Å². The highest BCUT2D eigenvalue weighted by Gasteiger charge is 2.17. The lowest BCUT2D eigenvalue weighted by Gasteiger charge is -2.24. The third kappa shape index (κ3) is 3.93. The normalized spacial score (nSPS) is 17.9. The summed E-state index contributed by atoms with van der Waals surface area (Å²) in [5.74, 6) is 6.39. The third-order valence-corrected chi connectivity index (χ3v) is 4.37. The van der Waals surface area contributed by atoms with Gasteiger partial charge in [-0.1, -0.05) is 38.2 Å². The van der Waals surface area contributed by atoms with Crippen LogP contribution in [0.3, 0.4) is 0 Å². The van der Waals surface area contributed by atoms with Gasteiger partial charge in [-0.05, 0) is 36.5 Å². The molecular formula is C16H25FN2O. The Kier molecular flexibility index (Phi) is 5.80. The van der Waals surface area contributed by atoms with Crippen LogP contribution in [0.25, 0.3) is 0 Å². The average molecular weight is 280 g/mol. The van der Waals surface area contributed by atoms with Crippen molar-refractivity contribution in [2.45, 2.75) is 51.0 Å². The van der Waals surface area contributed by atoms with E-state index in [1.165, 1.54) is 45.3 Å². The van der Waals surface area contributed by atoms with Crippen molar-refractivity contribution in [2.75, 3.05) is 7.11 Å². The van der Waals surface area contributed by atoms with Gasteiger partial charge in [0.2, 0.25) is 0 Å². The summed E-state index contributed by atoms with van der Waals surface area (Å²) in [6.07, 6.45) is 8.84. The van der Waals surface area contributed by atoms with E-state index in [-0.39, 0.29) is 17.6 Å². The summed E-state index contributed by atoms with van der Waals surface area (Å²) in [5, 5.41) is 0. The van der Waals surface area contributed by atoms with Crippen molar-refractivity contribution >= 4 is 0 Å². The van der Waals surface area contributed by atoms with Crippen LogP contribution >= 0.6 is 0 Å². The Bertz CT molecular complexity index is 419. The van der Waals surface area contributed by atoms with Crippen LogP contribution in [0.15, 0.2) is 18.2 Å². The maximum atomic E-state index is 13.7. The van der Waals surface area contributed by atoms with Crippen molar-refractivity contribution in [1.29, 1.82) is 0 Å². The molecule has 0 amide bonds. The molecule has 1 aromatic rings. The molecule has 112 valence electrons. The summed E-state index contributed by atoms with van der Waals surface area (Å²) in [5.41, 5.74) is 3.71. The fourth-order valence-electron chi connectivity index (χ4n) is 3.12. The number of nitrogens with two attached hydrogens (primary N) is 1. The van der Waals surface area contributed by atoms with Gasteiger partial charge >= 0.3 is 0 Å². The topological polar surface area (TPSA) is 47.3 Å². The molecule has 0 bridgehead atoms. The van der Waals surface area contributed by atoms with Gasteiger partial charge in [-0.25, -0.2) is 4.39 Å². The van der Waals surface area contributed by atoms with Gasteiger partial charge in [0.15, 0.2) is 11.6 Å². The summed E-state index contributed by atoms with van der Waals surface area (Å²) in [6, 6.07) is 5.07. The van der Waals surface area contributed by atoms with Gasteiger partial charge in [-0.3, -0.25) is 11.3 Å². The molecule has 3 nitrogen and oxygen atoms in total. The van der Waals surface area contributed by atoms with Gasteiger partial charge in [-0.2, -0.15) is 0 Å². The number of hydrogen-bond donors (Lipinski definition) is 2. The standard InChI is InChI=1S/C16H25FN2O/c1-20-16-10-8-13(11-14(16)17)15(19-18)9-7-12-5-3-2-4-6-12/h8,10-12,15,19H,2-7,9,18H2,1H3.